The molecule has 1 atom stereocenters. The molecule has 0 radical (unpaired) electrons. The van der Waals surface area contributed by atoms with E-state index in [4.69, 9.17) is 9.47 Å². The zero-order valence-electron chi connectivity index (χ0n) is 50.9. The molecule has 0 amide bonds. The summed E-state index contributed by atoms with van der Waals surface area (Å²) in [6, 6.07) is 0. The maximum atomic E-state index is 12.4. The van der Waals surface area contributed by atoms with Gasteiger partial charge < -0.3 is 14.6 Å². The third-order valence-electron chi connectivity index (χ3n) is 16.4. The normalized spacial score (nSPS) is 12.0. The maximum absolute atomic E-state index is 12.4. The quantitative estimate of drug-likeness (QED) is 0.0485. The molecule has 0 aromatic carbocycles. The van der Waals surface area contributed by atoms with Crippen molar-refractivity contribution in [3.63, 3.8) is 0 Å². The lowest BCUT2D eigenvalue weighted by atomic mass is 10.0. The summed E-state index contributed by atoms with van der Waals surface area (Å²) in [5.41, 5.74) is 0. The van der Waals surface area contributed by atoms with Crippen molar-refractivity contribution in [3.05, 3.63) is 0 Å². The van der Waals surface area contributed by atoms with E-state index in [-0.39, 0.29) is 25.2 Å². The van der Waals surface area contributed by atoms with Gasteiger partial charge in [0.1, 0.15) is 6.61 Å². The van der Waals surface area contributed by atoms with Crippen molar-refractivity contribution in [2.75, 3.05) is 13.2 Å². The Morgan fingerprint density at radius 3 is 0.595 bits per heavy atom. The Balaban J connectivity index is 3.34. The molecule has 0 bridgehead atoms. The Labute approximate surface area is 465 Å². The van der Waals surface area contributed by atoms with Crippen LogP contribution in [0.25, 0.3) is 0 Å². The Morgan fingerprint density at radius 1 is 0.257 bits per heavy atom. The molecular weight excluding hydrogens is 909 g/mol. The Morgan fingerprint density at radius 2 is 0.419 bits per heavy atom. The van der Waals surface area contributed by atoms with Crippen molar-refractivity contribution in [1.29, 1.82) is 0 Å². The molecule has 0 heterocycles. The molecule has 74 heavy (non-hydrogen) atoms. The first-order valence-corrected chi connectivity index (χ1v) is 34.6. The van der Waals surface area contributed by atoms with Crippen LogP contribution < -0.4 is 0 Å². The smallest absolute Gasteiger partial charge is 0.306 e. The molecule has 1 N–H and O–H groups in total. The monoisotopic (exact) mass is 1050 g/mol. The van der Waals surface area contributed by atoms with Crippen LogP contribution in [0.5, 0.6) is 0 Å². The van der Waals surface area contributed by atoms with Gasteiger partial charge in [-0.1, -0.05) is 386 Å². The van der Waals surface area contributed by atoms with Crippen LogP contribution in [0, 0.1) is 0 Å². The van der Waals surface area contributed by atoms with Gasteiger partial charge in [-0.05, 0) is 12.8 Å². The van der Waals surface area contributed by atoms with Gasteiger partial charge in [0, 0.05) is 12.8 Å². The third-order valence-corrected chi connectivity index (χ3v) is 16.4. The van der Waals surface area contributed by atoms with E-state index in [9.17, 15) is 14.7 Å². The van der Waals surface area contributed by atoms with Gasteiger partial charge in [0.05, 0.1) is 6.61 Å². The van der Waals surface area contributed by atoms with E-state index in [0.29, 0.717) is 12.8 Å². The lowest BCUT2D eigenvalue weighted by Crippen LogP contribution is -2.28. The lowest BCUT2D eigenvalue weighted by molar-refractivity contribution is -0.161. The van der Waals surface area contributed by atoms with E-state index in [1.807, 2.05) is 0 Å². The van der Waals surface area contributed by atoms with E-state index >= 15 is 0 Å². The molecule has 0 saturated carbocycles. The van der Waals surface area contributed by atoms with Crippen molar-refractivity contribution in [2.24, 2.45) is 0 Å². The summed E-state index contributed by atoms with van der Waals surface area (Å²) in [6.07, 6.45) is 82.9. The number of hydrogen-bond acceptors (Lipinski definition) is 5. The fourth-order valence-electron chi connectivity index (χ4n) is 11.2. The predicted molar refractivity (Wildman–Crippen MR) is 326 cm³/mol. The van der Waals surface area contributed by atoms with Crippen LogP contribution in [-0.2, 0) is 19.1 Å². The summed E-state index contributed by atoms with van der Waals surface area (Å²) >= 11 is 0. The van der Waals surface area contributed by atoms with Crippen molar-refractivity contribution in [1.82, 2.24) is 0 Å². The number of carbonyl (C=O) groups is 2. The standard InChI is InChI=1S/C69H136O5/c1-3-5-7-9-11-13-15-17-19-21-23-25-27-28-29-30-31-32-33-34-35-36-37-38-39-40-42-44-46-48-50-52-54-56-58-60-62-64-69(72)74-67(65-70)66-73-68(71)63-61-59-57-55-53-51-49-47-45-43-41-26-24-22-20-18-16-14-12-10-8-6-4-2/h67,70H,3-66H2,1-2H3. The molecule has 0 saturated heterocycles. The van der Waals surface area contributed by atoms with E-state index in [0.717, 1.165) is 32.1 Å². The summed E-state index contributed by atoms with van der Waals surface area (Å²) in [6.45, 7) is 4.22. The number of unbranched alkanes of at least 4 members (excludes halogenated alkanes) is 58. The second kappa shape index (κ2) is 66.2. The molecular formula is C69H136O5. The molecule has 0 fully saturated rings. The summed E-state index contributed by atoms with van der Waals surface area (Å²) < 4.78 is 10.8. The van der Waals surface area contributed by atoms with Crippen molar-refractivity contribution in [3.8, 4) is 0 Å². The van der Waals surface area contributed by atoms with Crippen molar-refractivity contribution >= 4 is 11.9 Å². The molecule has 5 heteroatoms. The number of hydrogen-bond donors (Lipinski definition) is 1. The Kier molecular flexibility index (Phi) is 65.2. The Hall–Kier alpha value is -1.10. The second-order valence-corrected chi connectivity index (χ2v) is 24.0. The van der Waals surface area contributed by atoms with Crippen LogP contribution in [0.15, 0.2) is 0 Å². The first-order valence-electron chi connectivity index (χ1n) is 34.6. The van der Waals surface area contributed by atoms with Gasteiger partial charge in [0.15, 0.2) is 6.10 Å². The predicted octanol–water partition coefficient (Wildman–Crippen LogP) is 23.7. The first kappa shape index (κ1) is 72.9. The number of esters is 2. The van der Waals surface area contributed by atoms with Crippen LogP contribution in [0.2, 0.25) is 0 Å². The lowest BCUT2D eigenvalue weighted by Gasteiger charge is -2.15. The van der Waals surface area contributed by atoms with E-state index < -0.39 is 6.10 Å². The van der Waals surface area contributed by atoms with Gasteiger partial charge in [-0.2, -0.15) is 0 Å². The zero-order valence-corrected chi connectivity index (χ0v) is 50.9. The fraction of sp³-hybridized carbons (Fsp3) is 0.971. The number of ether oxygens (including phenoxy) is 2. The highest BCUT2D eigenvalue weighted by Crippen LogP contribution is 2.20. The van der Waals surface area contributed by atoms with Crippen molar-refractivity contribution in [2.45, 2.75) is 418 Å². The van der Waals surface area contributed by atoms with Crippen LogP contribution >= 0.6 is 0 Å². The highest BCUT2D eigenvalue weighted by atomic mass is 16.6. The van der Waals surface area contributed by atoms with E-state index in [2.05, 4.69) is 13.8 Å². The summed E-state index contributed by atoms with van der Waals surface area (Å²) in [5.74, 6) is -0.559. The maximum Gasteiger partial charge on any atom is 0.306 e. The highest BCUT2D eigenvalue weighted by molar-refractivity contribution is 5.70. The third kappa shape index (κ3) is 63.4. The Bertz CT molecular complexity index is 1050. The minimum absolute atomic E-state index is 0.0554. The average Bonchev–Trinajstić information content (AvgIpc) is 3.40. The molecule has 5 nitrogen and oxygen atoms in total. The summed E-state index contributed by atoms with van der Waals surface area (Å²) in [7, 11) is 0. The molecule has 0 aliphatic heterocycles. The van der Waals surface area contributed by atoms with Crippen LogP contribution in [-0.4, -0.2) is 36.4 Å². The average molecular weight is 1050 g/mol. The molecule has 0 rings (SSSR count). The topological polar surface area (TPSA) is 72.8 Å². The van der Waals surface area contributed by atoms with Crippen LogP contribution in [0.4, 0.5) is 0 Å². The second-order valence-electron chi connectivity index (χ2n) is 24.0. The van der Waals surface area contributed by atoms with Gasteiger partial charge in [0.25, 0.3) is 0 Å². The number of aliphatic hydroxyl groups excluding tert-OH is 1. The largest absolute Gasteiger partial charge is 0.462 e. The van der Waals surface area contributed by atoms with Crippen LogP contribution in [0.3, 0.4) is 0 Å². The van der Waals surface area contributed by atoms with E-state index in [1.54, 1.807) is 0 Å². The van der Waals surface area contributed by atoms with Gasteiger partial charge in [-0.25, -0.2) is 0 Å². The highest BCUT2D eigenvalue weighted by Gasteiger charge is 2.16. The van der Waals surface area contributed by atoms with Gasteiger partial charge in [-0.3, -0.25) is 9.59 Å². The summed E-state index contributed by atoms with van der Waals surface area (Å²) in [5, 5.41) is 9.69. The minimum Gasteiger partial charge on any atom is -0.462 e. The molecule has 0 aliphatic carbocycles. The molecule has 0 spiro atoms. The minimum atomic E-state index is -0.765. The van der Waals surface area contributed by atoms with Gasteiger partial charge in [-0.15, -0.1) is 0 Å². The van der Waals surface area contributed by atoms with Crippen LogP contribution in [0.1, 0.15) is 412 Å². The molecule has 0 aromatic heterocycles. The molecule has 442 valence electrons. The summed E-state index contributed by atoms with van der Waals surface area (Å²) in [4.78, 5) is 24.6. The van der Waals surface area contributed by atoms with Crippen molar-refractivity contribution < 1.29 is 24.2 Å². The number of rotatable bonds is 66. The fourth-order valence-corrected chi connectivity index (χ4v) is 11.2. The van der Waals surface area contributed by atoms with Gasteiger partial charge >= 0.3 is 11.9 Å². The number of carbonyl (C=O) groups excluding carboxylic acids is 2. The first-order chi connectivity index (χ1) is 36.6. The SMILES string of the molecule is CCCCCCCCCCCCCCCCCCCCCCCCCCCCCCCCCCCCCCCC(=O)OC(CO)COC(=O)CCCCCCCCCCCCCCCCCCCCCCCCC. The molecule has 0 aromatic rings. The van der Waals surface area contributed by atoms with Gasteiger partial charge in [0.2, 0.25) is 0 Å². The zero-order chi connectivity index (χ0) is 53.4. The van der Waals surface area contributed by atoms with E-state index in [1.165, 1.54) is 353 Å². The number of aliphatic hydroxyl groups is 1. The molecule has 1 unspecified atom stereocenters. The molecule has 0 aliphatic rings.